The highest BCUT2D eigenvalue weighted by molar-refractivity contribution is 5.84. The quantitative estimate of drug-likeness (QED) is 0.0349. The molecule has 2 aromatic rings. The Hall–Kier alpha value is -6.81. The van der Waals surface area contributed by atoms with Gasteiger partial charge in [-0.15, -0.1) is 0 Å². The van der Waals surface area contributed by atoms with Crippen LogP contribution >= 0.6 is 0 Å². The summed E-state index contributed by atoms with van der Waals surface area (Å²) in [7, 11) is 3.74. The summed E-state index contributed by atoms with van der Waals surface area (Å²) in [6.07, 6.45) is 11.3. The Kier molecular flexibility index (Phi) is 29.2. The highest BCUT2D eigenvalue weighted by atomic mass is 16.4. The first-order chi connectivity index (χ1) is 37.9. The Bertz CT molecular complexity index is 2260. The van der Waals surface area contributed by atoms with E-state index in [1.807, 2.05) is 48.2 Å². The van der Waals surface area contributed by atoms with Crippen molar-refractivity contribution in [2.75, 3.05) is 147 Å². The third-order valence-electron chi connectivity index (χ3n) is 13.7. The fraction of sp³-hybridized carbons (Fsp3) is 0.673. The number of carboxylic acids is 5. The summed E-state index contributed by atoms with van der Waals surface area (Å²) in [5.74, 6) is -4.19. The number of unbranched alkanes of at least 4 members (excludes halogenated alkanes) is 8. The molecule has 0 saturated carbocycles. The predicted molar refractivity (Wildman–Crippen MR) is 294 cm³/mol. The molecule has 0 bridgehead atoms. The second-order valence-corrected chi connectivity index (χ2v) is 20.3. The molecule has 2 saturated heterocycles. The number of aliphatic carboxylic acids is 5. The summed E-state index contributed by atoms with van der Waals surface area (Å²) in [4.78, 5) is 122. The molecule has 3 amide bonds. The van der Waals surface area contributed by atoms with E-state index in [-0.39, 0.29) is 77.3 Å². The maximum Gasteiger partial charge on any atom is 0.326 e. The van der Waals surface area contributed by atoms with Gasteiger partial charge in [0.1, 0.15) is 18.9 Å². The molecule has 27 heteroatoms. The van der Waals surface area contributed by atoms with Gasteiger partial charge in [0, 0.05) is 111 Å². The summed E-state index contributed by atoms with van der Waals surface area (Å²) in [5.41, 5.74) is 1.60. The predicted octanol–water partition coefficient (Wildman–Crippen LogP) is 1.02. The largest absolute Gasteiger partial charge is 0.480 e. The van der Waals surface area contributed by atoms with Gasteiger partial charge < -0.3 is 61.4 Å². The van der Waals surface area contributed by atoms with Crippen molar-refractivity contribution in [3.63, 3.8) is 0 Å². The number of nitrogens with one attached hydrogen (secondary N) is 4. The number of rotatable bonds is 34. The number of piperazine rings is 1. The van der Waals surface area contributed by atoms with E-state index in [1.54, 1.807) is 14.7 Å². The lowest BCUT2D eigenvalue weighted by molar-refractivity contribution is -0.140. The zero-order chi connectivity index (χ0) is 57.5. The Balaban J connectivity index is 1.21. The molecule has 9 N–H and O–H groups in total. The van der Waals surface area contributed by atoms with Gasteiger partial charge in [-0.25, -0.2) is 9.59 Å². The summed E-state index contributed by atoms with van der Waals surface area (Å²) in [6.45, 7) is 5.15. The second kappa shape index (κ2) is 35.6. The van der Waals surface area contributed by atoms with E-state index in [1.165, 1.54) is 0 Å². The Morgan fingerprint density at radius 3 is 1.87 bits per heavy atom. The van der Waals surface area contributed by atoms with E-state index >= 15 is 0 Å². The van der Waals surface area contributed by atoms with Crippen LogP contribution in [0.2, 0.25) is 0 Å². The first-order valence-corrected chi connectivity index (χ1v) is 27.4. The summed E-state index contributed by atoms with van der Waals surface area (Å²) in [6, 6.07) is 5.31. The lowest BCUT2D eigenvalue weighted by Crippen LogP contribution is -2.53. The van der Waals surface area contributed by atoms with Crippen LogP contribution in [0, 0.1) is 0 Å². The molecule has 0 aliphatic carbocycles. The number of carbonyl (C=O) groups excluding carboxylic acids is 3. The van der Waals surface area contributed by atoms with Crippen molar-refractivity contribution >= 4 is 71.6 Å². The average molecular weight is 1110 g/mol. The number of aldehydes is 1. The lowest BCUT2D eigenvalue weighted by atomic mass is 10.0. The van der Waals surface area contributed by atoms with E-state index in [9.17, 15) is 58.8 Å². The highest BCUT2D eigenvalue weighted by Gasteiger charge is 2.27. The number of carbonyl (C=O) groups is 8. The maximum absolute atomic E-state index is 12.3. The van der Waals surface area contributed by atoms with Gasteiger partial charge in [-0.05, 0) is 62.8 Å². The van der Waals surface area contributed by atoms with Crippen LogP contribution in [0.1, 0.15) is 82.6 Å². The SMILES string of the molecule is CN(C)c1nc(Nc2cccc(CC3CN(CC(=O)O)CCN(CC(=O)O)CCN(CC(=O)O)CCN3CC=O)c2)nc(N2CCN(CCCCCCCCCCC(=O)NCCCCC(NC(=O)NCC(=O)O)C(=O)O)CC2)n1. The summed E-state index contributed by atoms with van der Waals surface area (Å²) < 4.78 is 0. The first kappa shape index (κ1) is 64.7. The lowest BCUT2D eigenvalue weighted by Gasteiger charge is -2.37. The smallest absolute Gasteiger partial charge is 0.326 e. The Labute approximate surface area is 462 Å². The number of urea groups is 1. The van der Waals surface area contributed by atoms with Crippen LogP contribution in [-0.2, 0) is 40.0 Å². The number of anilines is 4. The number of hydrogen-bond acceptors (Lipinski definition) is 19. The molecule has 2 aliphatic rings. The molecular weight excluding hydrogens is 1030 g/mol. The third kappa shape index (κ3) is 26.6. The van der Waals surface area contributed by atoms with Crippen LogP contribution in [-0.4, -0.2) is 257 Å². The van der Waals surface area contributed by atoms with Crippen molar-refractivity contribution in [1.82, 2.24) is 55.4 Å². The minimum absolute atomic E-state index is 0.0424. The number of carboxylic acid groups (broad SMARTS) is 5. The number of benzene rings is 1. The molecule has 1 aromatic heterocycles. The van der Waals surface area contributed by atoms with Gasteiger partial charge in [0.2, 0.25) is 23.8 Å². The first-order valence-electron chi connectivity index (χ1n) is 27.4. The van der Waals surface area contributed by atoms with Crippen molar-refractivity contribution in [2.45, 2.75) is 95.6 Å². The number of amides is 3. The van der Waals surface area contributed by atoms with E-state index in [0.717, 1.165) is 95.9 Å². The third-order valence-corrected chi connectivity index (χ3v) is 13.7. The van der Waals surface area contributed by atoms with Gasteiger partial charge in [-0.3, -0.25) is 48.5 Å². The topological polar surface area (TPSA) is 347 Å². The number of hydrogen-bond donors (Lipinski definition) is 9. The summed E-state index contributed by atoms with van der Waals surface area (Å²) in [5, 5.41) is 57.6. The zero-order valence-electron chi connectivity index (χ0n) is 45.9. The van der Waals surface area contributed by atoms with Crippen LogP contribution in [0.3, 0.4) is 0 Å². The highest BCUT2D eigenvalue weighted by Crippen LogP contribution is 2.23. The molecule has 2 aliphatic heterocycles. The molecule has 1 aromatic carbocycles. The Morgan fingerprint density at radius 2 is 1.27 bits per heavy atom. The average Bonchev–Trinajstić information content (AvgIpc) is 3.40. The molecule has 27 nitrogen and oxygen atoms in total. The molecule has 79 heavy (non-hydrogen) atoms. The van der Waals surface area contributed by atoms with Gasteiger partial charge in [0.05, 0.1) is 26.2 Å². The van der Waals surface area contributed by atoms with E-state index in [0.29, 0.717) is 68.8 Å². The minimum Gasteiger partial charge on any atom is -0.480 e. The van der Waals surface area contributed by atoms with Crippen LogP contribution < -0.4 is 31.1 Å². The normalized spacial score (nSPS) is 16.9. The van der Waals surface area contributed by atoms with Crippen LogP contribution in [0.15, 0.2) is 24.3 Å². The monoisotopic (exact) mass is 1110 g/mol. The van der Waals surface area contributed by atoms with E-state index in [4.69, 9.17) is 20.1 Å². The molecule has 2 fully saturated rings. The zero-order valence-corrected chi connectivity index (χ0v) is 45.9. The van der Waals surface area contributed by atoms with Gasteiger partial charge in [0.25, 0.3) is 0 Å². The fourth-order valence-electron chi connectivity index (χ4n) is 9.50. The molecular formula is C52H84N14O13. The van der Waals surface area contributed by atoms with Crippen LogP contribution in [0.5, 0.6) is 0 Å². The van der Waals surface area contributed by atoms with Gasteiger partial charge in [0.15, 0.2) is 0 Å². The fourth-order valence-corrected chi connectivity index (χ4v) is 9.50. The van der Waals surface area contributed by atoms with Crippen molar-refractivity contribution in [1.29, 1.82) is 0 Å². The van der Waals surface area contributed by atoms with E-state index < -0.39 is 48.5 Å². The van der Waals surface area contributed by atoms with Gasteiger partial charge in [-0.1, -0.05) is 50.7 Å². The van der Waals surface area contributed by atoms with Crippen molar-refractivity contribution in [3.8, 4) is 0 Å². The summed E-state index contributed by atoms with van der Waals surface area (Å²) >= 11 is 0. The van der Waals surface area contributed by atoms with E-state index in [2.05, 4.69) is 31.1 Å². The standard InChI is InChI=1S/C52H84N14O13/c1-60(2)50-57-49(55-40-15-13-14-39(32-40)33-41-35-64(38-47(75)76)23-22-62(36-45(71)72)20-21-63(37-46(73)74)26-27-65(41)30-31-67)58-51(59-50)66-28-24-61(25-29-66)19-12-8-6-4-3-5-7-9-17-43(68)53-18-11-10-16-42(48(77)78)56-52(79)54-34-44(69)70/h13-15,31-32,41-42H,3-12,16-30,33-38H2,1-2H3,(H,53,68)(H,69,70)(H,71,72)(H,73,74)(H,75,76)(H,77,78)(H2,54,56,79)(H,55,57,58,59). The molecule has 2 unspecified atom stereocenters. The molecule has 440 valence electrons. The van der Waals surface area contributed by atoms with Gasteiger partial charge >= 0.3 is 35.9 Å². The molecule has 0 radical (unpaired) electrons. The van der Waals surface area contributed by atoms with Crippen LogP contribution in [0.4, 0.5) is 28.3 Å². The number of nitrogens with zero attached hydrogens (tertiary/aromatic N) is 10. The van der Waals surface area contributed by atoms with Crippen molar-refractivity contribution in [2.24, 2.45) is 0 Å². The van der Waals surface area contributed by atoms with Crippen molar-refractivity contribution in [3.05, 3.63) is 29.8 Å². The Morgan fingerprint density at radius 1 is 0.671 bits per heavy atom. The maximum atomic E-state index is 12.3. The molecule has 0 spiro atoms. The number of aromatic nitrogens is 3. The minimum atomic E-state index is -1.24. The van der Waals surface area contributed by atoms with Crippen LogP contribution in [0.25, 0.3) is 0 Å². The second-order valence-electron chi connectivity index (χ2n) is 20.3. The molecule has 4 rings (SSSR count). The molecule has 2 atom stereocenters. The van der Waals surface area contributed by atoms with Gasteiger partial charge in [-0.2, -0.15) is 15.0 Å². The molecule has 3 heterocycles. The van der Waals surface area contributed by atoms with Crippen molar-refractivity contribution < 1.29 is 63.9 Å².